The second-order valence-corrected chi connectivity index (χ2v) is 4.43. The van der Waals surface area contributed by atoms with Gasteiger partial charge in [0.1, 0.15) is 0 Å². The third kappa shape index (κ3) is 3.85. The van der Waals surface area contributed by atoms with Gasteiger partial charge in [-0.05, 0) is 24.6 Å². The van der Waals surface area contributed by atoms with Crippen molar-refractivity contribution in [2.75, 3.05) is 14.2 Å². The molecule has 1 aromatic carbocycles. The topological polar surface area (TPSA) is 72.6 Å². The lowest BCUT2D eigenvalue weighted by atomic mass is 10.0. The van der Waals surface area contributed by atoms with Crippen LogP contribution in [-0.2, 0) is 9.63 Å². The molecule has 2 N–H and O–H groups in total. The zero-order valence-electron chi connectivity index (χ0n) is 12.2. The van der Waals surface area contributed by atoms with Crippen LogP contribution in [-0.4, -0.2) is 37.1 Å². The van der Waals surface area contributed by atoms with E-state index in [9.17, 15) is 22.8 Å². The summed E-state index contributed by atoms with van der Waals surface area (Å²) in [6, 6.07) is 5.48. The van der Waals surface area contributed by atoms with E-state index < -0.39 is 23.4 Å². The molecule has 120 valence electrons. The van der Waals surface area contributed by atoms with E-state index in [1.54, 1.807) is 0 Å². The predicted molar refractivity (Wildman–Crippen MR) is 73.4 cm³/mol. The molecule has 0 fully saturated rings. The van der Waals surface area contributed by atoms with Gasteiger partial charge in [0.2, 0.25) is 0 Å². The summed E-state index contributed by atoms with van der Waals surface area (Å²) in [5, 5.41) is 0.993. The van der Waals surface area contributed by atoms with Crippen LogP contribution in [0.2, 0.25) is 0 Å². The molecule has 8 heteroatoms. The minimum absolute atomic E-state index is 0.215. The lowest BCUT2D eigenvalue weighted by Crippen LogP contribution is -2.26. The molecule has 0 aromatic heterocycles. The molecule has 0 heterocycles. The SMILES string of the molecule is CON(C)C(=O)c1ccc(C(N)=C(C)C(=O)C(F)(F)F)cc1. The predicted octanol–water partition coefficient (Wildman–Crippen LogP) is 2.14. The van der Waals surface area contributed by atoms with E-state index in [0.29, 0.717) is 0 Å². The molecule has 0 bridgehead atoms. The zero-order chi connectivity index (χ0) is 17.1. The van der Waals surface area contributed by atoms with Crippen molar-refractivity contribution in [3.8, 4) is 0 Å². The number of nitrogens with two attached hydrogens (primary N) is 1. The van der Waals surface area contributed by atoms with Gasteiger partial charge in [-0.2, -0.15) is 13.2 Å². The Morgan fingerprint density at radius 2 is 1.59 bits per heavy atom. The molecule has 0 radical (unpaired) electrons. The van der Waals surface area contributed by atoms with Crippen molar-refractivity contribution in [1.29, 1.82) is 0 Å². The molecule has 0 aliphatic carbocycles. The molecule has 0 unspecified atom stereocenters. The number of carbonyl (C=O) groups excluding carboxylic acids is 2. The minimum Gasteiger partial charge on any atom is -0.398 e. The molecule has 5 nitrogen and oxygen atoms in total. The van der Waals surface area contributed by atoms with Crippen molar-refractivity contribution < 1.29 is 27.6 Å². The highest BCUT2D eigenvalue weighted by atomic mass is 19.4. The Morgan fingerprint density at radius 3 is 2.00 bits per heavy atom. The quantitative estimate of drug-likeness (QED) is 0.682. The van der Waals surface area contributed by atoms with Crippen molar-refractivity contribution in [1.82, 2.24) is 5.06 Å². The highest BCUT2D eigenvalue weighted by molar-refractivity contribution is 6.05. The van der Waals surface area contributed by atoms with Gasteiger partial charge in [0.15, 0.2) is 0 Å². The Morgan fingerprint density at radius 1 is 1.14 bits per heavy atom. The molecule has 1 aromatic rings. The summed E-state index contributed by atoms with van der Waals surface area (Å²) in [7, 11) is 2.73. The van der Waals surface area contributed by atoms with Crippen molar-refractivity contribution in [2.24, 2.45) is 5.73 Å². The van der Waals surface area contributed by atoms with E-state index in [2.05, 4.69) is 0 Å². The van der Waals surface area contributed by atoms with Crippen LogP contribution in [0.1, 0.15) is 22.8 Å². The Balaban J connectivity index is 3.09. The number of nitrogens with zero attached hydrogens (tertiary/aromatic N) is 1. The maximum absolute atomic E-state index is 12.4. The van der Waals surface area contributed by atoms with Gasteiger partial charge >= 0.3 is 6.18 Å². The van der Waals surface area contributed by atoms with Crippen LogP contribution in [0.15, 0.2) is 29.8 Å². The van der Waals surface area contributed by atoms with Crippen LogP contribution in [0.5, 0.6) is 0 Å². The number of benzene rings is 1. The Labute approximate surface area is 125 Å². The van der Waals surface area contributed by atoms with E-state index in [1.165, 1.54) is 38.4 Å². The molecule has 0 saturated carbocycles. The number of hydrogen-bond donors (Lipinski definition) is 1. The summed E-state index contributed by atoms with van der Waals surface area (Å²) < 4.78 is 37.1. The number of rotatable bonds is 4. The highest BCUT2D eigenvalue weighted by Crippen LogP contribution is 2.24. The van der Waals surface area contributed by atoms with Gasteiger partial charge in [-0.1, -0.05) is 12.1 Å². The molecule has 0 saturated heterocycles. The first-order valence-corrected chi connectivity index (χ1v) is 6.10. The second-order valence-electron chi connectivity index (χ2n) is 4.43. The number of carbonyl (C=O) groups is 2. The summed E-state index contributed by atoms with van der Waals surface area (Å²) in [5.74, 6) is -2.43. The molecular formula is C14H15F3N2O3. The summed E-state index contributed by atoms with van der Waals surface area (Å²) in [6.45, 7) is 1.00. The van der Waals surface area contributed by atoms with Gasteiger partial charge in [0, 0.05) is 23.9 Å². The van der Waals surface area contributed by atoms with E-state index >= 15 is 0 Å². The average Bonchev–Trinajstić information content (AvgIpc) is 2.50. The van der Waals surface area contributed by atoms with Crippen molar-refractivity contribution in [2.45, 2.75) is 13.1 Å². The summed E-state index contributed by atoms with van der Waals surface area (Å²) in [4.78, 5) is 27.7. The van der Waals surface area contributed by atoms with Crippen molar-refractivity contribution in [3.05, 3.63) is 41.0 Å². The van der Waals surface area contributed by atoms with Crippen LogP contribution in [0, 0.1) is 0 Å². The third-order valence-electron chi connectivity index (χ3n) is 3.00. The van der Waals surface area contributed by atoms with Crippen molar-refractivity contribution >= 4 is 17.4 Å². The number of amides is 1. The largest absolute Gasteiger partial charge is 0.454 e. The molecule has 1 amide bonds. The lowest BCUT2D eigenvalue weighted by Gasteiger charge is -2.14. The number of Topliss-reactive ketones (excluding diaryl/α,β-unsaturated/α-hetero) is 1. The summed E-state index contributed by atoms with van der Waals surface area (Å²) >= 11 is 0. The molecule has 0 spiro atoms. The minimum atomic E-state index is -4.98. The second kappa shape index (κ2) is 6.61. The van der Waals surface area contributed by atoms with Gasteiger partial charge in [-0.3, -0.25) is 14.4 Å². The number of halogens is 3. The van der Waals surface area contributed by atoms with Crippen LogP contribution >= 0.6 is 0 Å². The maximum Gasteiger partial charge on any atom is 0.454 e. The smallest absolute Gasteiger partial charge is 0.398 e. The maximum atomic E-state index is 12.4. The lowest BCUT2D eigenvalue weighted by molar-refractivity contribution is -0.166. The van der Waals surface area contributed by atoms with Crippen LogP contribution in [0.3, 0.4) is 0 Å². The molecule has 0 atom stereocenters. The number of hydroxylamine groups is 2. The van der Waals surface area contributed by atoms with Gasteiger partial charge in [-0.15, -0.1) is 0 Å². The Kier molecular flexibility index (Phi) is 5.32. The van der Waals surface area contributed by atoms with Gasteiger partial charge in [0.05, 0.1) is 7.11 Å². The third-order valence-corrected chi connectivity index (χ3v) is 3.00. The fourth-order valence-electron chi connectivity index (χ4n) is 1.61. The zero-order valence-corrected chi connectivity index (χ0v) is 12.2. The average molecular weight is 316 g/mol. The molecule has 0 aliphatic heterocycles. The van der Waals surface area contributed by atoms with E-state index in [0.717, 1.165) is 12.0 Å². The Hall–Kier alpha value is -2.35. The number of allylic oxidation sites excluding steroid dienone is 1. The molecule has 0 aliphatic rings. The fraction of sp³-hybridized carbons (Fsp3) is 0.286. The van der Waals surface area contributed by atoms with Crippen LogP contribution < -0.4 is 5.73 Å². The monoisotopic (exact) mass is 316 g/mol. The summed E-state index contributed by atoms with van der Waals surface area (Å²) in [6.07, 6.45) is -4.98. The standard InChI is InChI=1S/C14H15F3N2O3/c1-8(12(20)14(15,16)17)11(18)9-4-6-10(7-5-9)13(21)19(2)22-3/h4-7H,18H2,1-3H3. The molecule has 1 rings (SSSR count). The highest BCUT2D eigenvalue weighted by Gasteiger charge is 2.40. The fourth-order valence-corrected chi connectivity index (χ4v) is 1.61. The van der Waals surface area contributed by atoms with Gasteiger partial charge in [0.25, 0.3) is 11.7 Å². The molecular weight excluding hydrogens is 301 g/mol. The number of ketones is 1. The number of alkyl halides is 3. The van der Waals surface area contributed by atoms with E-state index in [-0.39, 0.29) is 16.8 Å². The first kappa shape index (κ1) is 17.7. The van der Waals surface area contributed by atoms with Crippen molar-refractivity contribution in [3.63, 3.8) is 0 Å². The molecule has 22 heavy (non-hydrogen) atoms. The normalized spacial score (nSPS) is 12.6. The van der Waals surface area contributed by atoms with Gasteiger partial charge < -0.3 is 5.73 Å². The van der Waals surface area contributed by atoms with Crippen LogP contribution in [0.25, 0.3) is 5.70 Å². The van der Waals surface area contributed by atoms with E-state index in [1.807, 2.05) is 0 Å². The van der Waals surface area contributed by atoms with Crippen LogP contribution in [0.4, 0.5) is 13.2 Å². The summed E-state index contributed by atoms with van der Waals surface area (Å²) in [5.41, 5.74) is 5.18. The van der Waals surface area contributed by atoms with E-state index in [4.69, 9.17) is 10.6 Å². The van der Waals surface area contributed by atoms with Gasteiger partial charge in [-0.25, -0.2) is 5.06 Å². The first-order valence-electron chi connectivity index (χ1n) is 6.10. The first-order chi connectivity index (χ1) is 10.1. The number of hydrogen-bond acceptors (Lipinski definition) is 4. The Bertz CT molecular complexity index is 607.